The van der Waals surface area contributed by atoms with Gasteiger partial charge >= 0.3 is 12.1 Å². The fourth-order valence-corrected chi connectivity index (χ4v) is 4.12. The molecule has 0 bridgehead atoms. The maximum atomic E-state index is 12.3. The van der Waals surface area contributed by atoms with Gasteiger partial charge in [0.25, 0.3) is 0 Å². The maximum absolute atomic E-state index is 12.3. The first-order chi connectivity index (χ1) is 12.0. The predicted molar refractivity (Wildman–Crippen MR) is 96.5 cm³/mol. The number of piperidine rings is 1. The average molecular weight is 363 g/mol. The fourth-order valence-electron chi connectivity index (χ4n) is 4.12. The molecule has 0 aromatic heterocycles. The zero-order valence-electron chi connectivity index (χ0n) is 16.1. The van der Waals surface area contributed by atoms with Crippen molar-refractivity contribution in [3.05, 3.63) is 24.0 Å². The van der Waals surface area contributed by atoms with Gasteiger partial charge in [0.15, 0.2) is 0 Å². The number of carboxylic acid groups (broad SMARTS) is 1. The second kappa shape index (κ2) is 6.32. The number of hydrogen-bond donors (Lipinski definition) is 1. The lowest BCUT2D eigenvalue weighted by atomic mass is 9.62. The molecule has 0 saturated carbocycles. The van der Waals surface area contributed by atoms with E-state index in [0.717, 1.165) is 25.0 Å². The van der Waals surface area contributed by atoms with E-state index in [1.807, 2.05) is 26.8 Å². The number of carbonyl (C=O) groups excluding carboxylic acids is 1. The number of fused-ring (bicyclic) bond motifs is 1. The standard InChI is InChI=1S/C20H29NO5/c1-18(2,3)26-17(24)21-10-8-20(9-11-21)12-14-15(25-13-20)6-5-7-19(14,4)16(22)23/h5-7,14H,8-13H2,1-4H3,(H,22,23). The number of ether oxygens (including phenoxy) is 2. The first-order valence-corrected chi connectivity index (χ1v) is 9.28. The molecule has 2 atom stereocenters. The molecule has 3 rings (SSSR count). The summed E-state index contributed by atoms with van der Waals surface area (Å²) < 4.78 is 11.5. The lowest BCUT2D eigenvalue weighted by Crippen LogP contribution is -2.51. The summed E-state index contributed by atoms with van der Waals surface area (Å²) in [6.07, 6.45) is 7.53. The van der Waals surface area contributed by atoms with Crippen LogP contribution in [0.4, 0.5) is 4.79 Å². The van der Waals surface area contributed by atoms with Crippen LogP contribution in [0.1, 0.15) is 47.0 Å². The third kappa shape index (κ3) is 3.46. The molecule has 2 aliphatic heterocycles. The summed E-state index contributed by atoms with van der Waals surface area (Å²) in [7, 11) is 0. The Morgan fingerprint density at radius 3 is 2.54 bits per heavy atom. The largest absolute Gasteiger partial charge is 0.497 e. The molecule has 1 amide bonds. The van der Waals surface area contributed by atoms with Crippen LogP contribution in [0.2, 0.25) is 0 Å². The summed E-state index contributed by atoms with van der Waals surface area (Å²) in [6, 6.07) is 0. The minimum atomic E-state index is -0.945. The van der Waals surface area contributed by atoms with E-state index in [-0.39, 0.29) is 17.4 Å². The van der Waals surface area contributed by atoms with Crippen molar-refractivity contribution in [2.24, 2.45) is 16.7 Å². The van der Waals surface area contributed by atoms with Crippen LogP contribution in [0.3, 0.4) is 0 Å². The number of hydrogen-bond acceptors (Lipinski definition) is 4. The number of aliphatic carboxylic acids is 1. The van der Waals surface area contributed by atoms with E-state index in [1.165, 1.54) is 0 Å². The molecule has 144 valence electrons. The van der Waals surface area contributed by atoms with Crippen LogP contribution < -0.4 is 0 Å². The van der Waals surface area contributed by atoms with E-state index >= 15 is 0 Å². The highest BCUT2D eigenvalue weighted by molar-refractivity contribution is 5.78. The lowest BCUT2D eigenvalue weighted by molar-refractivity contribution is -0.151. The van der Waals surface area contributed by atoms with Gasteiger partial charge in [-0.15, -0.1) is 0 Å². The van der Waals surface area contributed by atoms with E-state index in [9.17, 15) is 14.7 Å². The Balaban J connectivity index is 1.68. The Morgan fingerprint density at radius 2 is 1.96 bits per heavy atom. The minimum absolute atomic E-state index is 0.0809. The summed E-state index contributed by atoms with van der Waals surface area (Å²) in [5.74, 6) is -0.208. The molecule has 0 aromatic rings. The van der Waals surface area contributed by atoms with Crippen LogP contribution in [-0.2, 0) is 14.3 Å². The van der Waals surface area contributed by atoms with Crippen molar-refractivity contribution < 1.29 is 24.2 Å². The third-order valence-electron chi connectivity index (χ3n) is 5.89. The van der Waals surface area contributed by atoms with Crippen LogP contribution >= 0.6 is 0 Å². The number of carboxylic acids is 1. The van der Waals surface area contributed by atoms with Gasteiger partial charge in [0, 0.05) is 24.4 Å². The number of rotatable bonds is 1. The zero-order valence-corrected chi connectivity index (χ0v) is 16.1. The van der Waals surface area contributed by atoms with Crippen LogP contribution in [-0.4, -0.2) is 47.4 Å². The van der Waals surface area contributed by atoms with Crippen LogP contribution in [0.15, 0.2) is 24.0 Å². The molecule has 0 radical (unpaired) electrons. The lowest BCUT2D eigenvalue weighted by Gasteiger charge is -2.50. The van der Waals surface area contributed by atoms with Gasteiger partial charge < -0.3 is 19.5 Å². The van der Waals surface area contributed by atoms with Crippen LogP contribution in [0, 0.1) is 16.7 Å². The monoisotopic (exact) mass is 363 g/mol. The fraction of sp³-hybridized carbons (Fsp3) is 0.700. The Hall–Kier alpha value is -1.98. The summed E-state index contributed by atoms with van der Waals surface area (Å²) >= 11 is 0. The van der Waals surface area contributed by atoms with Gasteiger partial charge in [-0.25, -0.2) is 4.79 Å². The molecule has 6 nitrogen and oxygen atoms in total. The third-order valence-corrected chi connectivity index (χ3v) is 5.89. The Kier molecular flexibility index (Phi) is 4.57. The molecular weight excluding hydrogens is 334 g/mol. The van der Waals surface area contributed by atoms with E-state index in [4.69, 9.17) is 9.47 Å². The quantitative estimate of drug-likeness (QED) is 0.770. The van der Waals surface area contributed by atoms with Crippen LogP contribution in [0.25, 0.3) is 0 Å². The number of amides is 1. The highest BCUT2D eigenvalue weighted by Crippen LogP contribution is 2.52. The summed E-state index contributed by atoms with van der Waals surface area (Å²) in [5, 5.41) is 9.74. The van der Waals surface area contributed by atoms with Crippen LogP contribution in [0.5, 0.6) is 0 Å². The first kappa shape index (κ1) is 18.8. The molecule has 1 aliphatic carbocycles. The predicted octanol–water partition coefficient (Wildman–Crippen LogP) is 3.58. The van der Waals surface area contributed by atoms with E-state index in [0.29, 0.717) is 19.7 Å². The molecule has 1 spiro atoms. The van der Waals surface area contributed by atoms with Gasteiger partial charge in [-0.3, -0.25) is 4.79 Å². The molecule has 2 heterocycles. The summed E-state index contributed by atoms with van der Waals surface area (Å²) in [6.45, 7) is 9.17. The summed E-state index contributed by atoms with van der Waals surface area (Å²) in [5.41, 5.74) is -1.53. The topological polar surface area (TPSA) is 76.1 Å². The second-order valence-electron chi connectivity index (χ2n) is 9.03. The maximum Gasteiger partial charge on any atom is 0.410 e. The summed E-state index contributed by atoms with van der Waals surface area (Å²) in [4.78, 5) is 25.9. The van der Waals surface area contributed by atoms with Crippen molar-refractivity contribution in [2.45, 2.75) is 52.6 Å². The molecule has 26 heavy (non-hydrogen) atoms. The smallest absolute Gasteiger partial charge is 0.410 e. The molecule has 2 unspecified atom stereocenters. The normalized spacial score (nSPS) is 30.2. The van der Waals surface area contributed by atoms with Crippen molar-refractivity contribution >= 4 is 12.1 Å². The number of allylic oxidation sites excluding steroid dienone is 3. The van der Waals surface area contributed by atoms with Crippen molar-refractivity contribution in [3.63, 3.8) is 0 Å². The second-order valence-corrected chi connectivity index (χ2v) is 9.03. The van der Waals surface area contributed by atoms with Crippen molar-refractivity contribution in [1.29, 1.82) is 0 Å². The van der Waals surface area contributed by atoms with Gasteiger partial charge in [0.2, 0.25) is 0 Å². The average Bonchev–Trinajstić information content (AvgIpc) is 2.55. The van der Waals surface area contributed by atoms with E-state index < -0.39 is 17.0 Å². The Labute approximate surface area is 154 Å². The molecule has 2 saturated heterocycles. The molecule has 0 aromatic carbocycles. The van der Waals surface area contributed by atoms with Crippen molar-refractivity contribution in [1.82, 2.24) is 4.90 Å². The molecule has 2 fully saturated rings. The first-order valence-electron chi connectivity index (χ1n) is 9.28. The van der Waals surface area contributed by atoms with E-state index in [1.54, 1.807) is 24.0 Å². The van der Waals surface area contributed by atoms with Gasteiger partial charge in [-0.1, -0.05) is 12.2 Å². The van der Waals surface area contributed by atoms with Crippen molar-refractivity contribution in [2.75, 3.05) is 19.7 Å². The van der Waals surface area contributed by atoms with Gasteiger partial charge in [0.05, 0.1) is 12.0 Å². The zero-order chi connectivity index (χ0) is 19.2. The van der Waals surface area contributed by atoms with E-state index in [2.05, 4.69) is 0 Å². The molecule has 6 heteroatoms. The highest BCUT2D eigenvalue weighted by Gasteiger charge is 2.51. The molecular formula is C20H29NO5. The SMILES string of the molecule is CC(C)(C)OC(=O)N1CCC2(CC1)COC1=CC=CC(C)(C(=O)O)C1C2. The highest BCUT2D eigenvalue weighted by atomic mass is 16.6. The Morgan fingerprint density at radius 1 is 1.31 bits per heavy atom. The van der Waals surface area contributed by atoms with Crippen molar-refractivity contribution in [3.8, 4) is 0 Å². The van der Waals surface area contributed by atoms with Gasteiger partial charge in [0.1, 0.15) is 11.4 Å². The molecule has 3 aliphatic rings. The molecule has 1 N–H and O–H groups in total. The minimum Gasteiger partial charge on any atom is -0.497 e. The Bertz CT molecular complexity index is 652. The number of nitrogens with zero attached hydrogens (tertiary/aromatic N) is 1. The number of likely N-dealkylation sites (tertiary alicyclic amines) is 1. The number of carbonyl (C=O) groups is 2. The van der Waals surface area contributed by atoms with Gasteiger partial charge in [-0.2, -0.15) is 0 Å². The van der Waals surface area contributed by atoms with Gasteiger partial charge in [-0.05, 0) is 53.0 Å².